The van der Waals surface area contributed by atoms with Gasteiger partial charge in [-0.15, -0.1) is 0 Å². The summed E-state index contributed by atoms with van der Waals surface area (Å²) in [6.07, 6.45) is -2.55. The molecule has 2 atom stereocenters. The molecule has 10 heteroatoms. The van der Waals surface area contributed by atoms with E-state index in [0.717, 1.165) is 34.8 Å². The smallest absolute Gasteiger partial charge is 0.352 e. The number of anilines is 1. The Bertz CT molecular complexity index is 1520. The van der Waals surface area contributed by atoms with Crippen LogP contribution in [0.15, 0.2) is 85.1 Å². The summed E-state index contributed by atoms with van der Waals surface area (Å²) in [6.45, 7) is 4.09. The molecule has 1 saturated heterocycles. The Hall–Kier alpha value is -4.18. The molecule has 2 aromatic heterocycles. The van der Waals surface area contributed by atoms with Gasteiger partial charge in [0, 0.05) is 41.9 Å². The van der Waals surface area contributed by atoms with Gasteiger partial charge in [0.1, 0.15) is 0 Å². The number of para-hydroxylation sites is 1. The minimum Gasteiger partial charge on any atom is -0.352 e. The molecule has 4 aromatic rings. The summed E-state index contributed by atoms with van der Waals surface area (Å²) in [5.41, 5.74) is 3.66. The number of hydrogen-bond acceptors (Lipinski definition) is 3. The van der Waals surface area contributed by atoms with Crippen LogP contribution in [-0.2, 0) is 11.0 Å². The maximum Gasteiger partial charge on any atom is 0.416 e. The molecule has 1 amide bonds. The van der Waals surface area contributed by atoms with Gasteiger partial charge in [0.15, 0.2) is 5.11 Å². The van der Waals surface area contributed by atoms with E-state index >= 15 is 0 Å². The van der Waals surface area contributed by atoms with Crippen molar-refractivity contribution in [1.82, 2.24) is 19.8 Å². The quantitative estimate of drug-likeness (QED) is 0.251. The zero-order chi connectivity index (χ0) is 28.4. The third kappa shape index (κ3) is 5.58. The molecule has 0 radical (unpaired) electrons. The molecule has 0 saturated carbocycles. The highest BCUT2D eigenvalue weighted by molar-refractivity contribution is 7.80. The van der Waals surface area contributed by atoms with Crippen LogP contribution >= 0.6 is 12.2 Å². The number of nitrogens with one attached hydrogen (secondary N) is 2. The summed E-state index contributed by atoms with van der Waals surface area (Å²) in [5, 5.41) is 6.76. The van der Waals surface area contributed by atoms with Crippen molar-refractivity contribution in [3.05, 3.63) is 113 Å². The van der Waals surface area contributed by atoms with Gasteiger partial charge in [-0.25, -0.2) is 0 Å². The lowest BCUT2D eigenvalue weighted by atomic mass is 9.96. The van der Waals surface area contributed by atoms with E-state index in [1.54, 1.807) is 12.3 Å². The van der Waals surface area contributed by atoms with Gasteiger partial charge >= 0.3 is 6.18 Å². The standard InChI is InChI=1S/C30H28F3N5OS/c1-19-17-24(20(2)38(19)23-12-8-9-21(18-23)30(31,32)33)28-27(25-13-6-7-15-34-25)36-29(40)37(28)16-14-26(39)35-22-10-4-3-5-11-22/h3-13,15,17-18,27-28H,14,16H2,1-2H3,(H,35,39)(H,36,40)/t27-,28+/m0/s1. The Labute approximate surface area is 235 Å². The molecule has 1 aliphatic heterocycles. The van der Waals surface area contributed by atoms with E-state index in [1.165, 1.54) is 6.07 Å². The van der Waals surface area contributed by atoms with E-state index in [0.29, 0.717) is 23.0 Å². The number of nitrogens with zero attached hydrogens (tertiary/aromatic N) is 3. The number of benzene rings is 2. The molecule has 0 aliphatic carbocycles. The van der Waals surface area contributed by atoms with Gasteiger partial charge in [0.25, 0.3) is 0 Å². The molecule has 40 heavy (non-hydrogen) atoms. The predicted molar refractivity (Wildman–Crippen MR) is 152 cm³/mol. The van der Waals surface area contributed by atoms with E-state index in [-0.39, 0.29) is 24.4 Å². The number of amides is 1. The van der Waals surface area contributed by atoms with Crippen molar-refractivity contribution in [3.8, 4) is 5.69 Å². The molecule has 5 rings (SSSR count). The molecule has 0 spiro atoms. The van der Waals surface area contributed by atoms with Crippen molar-refractivity contribution in [2.24, 2.45) is 0 Å². The highest BCUT2D eigenvalue weighted by Gasteiger charge is 2.41. The Morgan fingerprint density at radius 2 is 1.77 bits per heavy atom. The van der Waals surface area contributed by atoms with Gasteiger partial charge in [0.05, 0.1) is 23.3 Å². The fraction of sp³-hybridized carbons (Fsp3) is 0.233. The lowest BCUT2D eigenvalue weighted by Gasteiger charge is -2.28. The molecule has 1 fully saturated rings. The summed E-state index contributed by atoms with van der Waals surface area (Å²) in [6, 6.07) is 21.5. The molecular weight excluding hydrogens is 535 g/mol. The number of thiocarbonyl (C=S) groups is 1. The molecule has 2 aromatic carbocycles. The minimum atomic E-state index is -4.45. The monoisotopic (exact) mass is 563 g/mol. The summed E-state index contributed by atoms with van der Waals surface area (Å²) >= 11 is 5.73. The SMILES string of the molecule is Cc1cc([C@@H]2[C@H](c3ccccn3)NC(=S)N2CCC(=O)Nc2ccccc2)c(C)n1-c1cccc(C(F)(F)F)c1. The number of aromatic nitrogens is 2. The summed E-state index contributed by atoms with van der Waals surface area (Å²) in [7, 11) is 0. The zero-order valence-electron chi connectivity index (χ0n) is 21.9. The molecule has 0 bridgehead atoms. The van der Waals surface area contributed by atoms with Crippen molar-refractivity contribution < 1.29 is 18.0 Å². The number of rotatable bonds is 7. The molecule has 206 valence electrons. The van der Waals surface area contributed by atoms with E-state index in [9.17, 15) is 18.0 Å². The van der Waals surface area contributed by atoms with Gasteiger partial charge in [0.2, 0.25) is 5.91 Å². The zero-order valence-corrected chi connectivity index (χ0v) is 22.8. The lowest BCUT2D eigenvalue weighted by Crippen LogP contribution is -2.32. The first-order valence-corrected chi connectivity index (χ1v) is 13.2. The topological polar surface area (TPSA) is 62.2 Å². The largest absolute Gasteiger partial charge is 0.416 e. The highest BCUT2D eigenvalue weighted by atomic mass is 32.1. The first-order valence-electron chi connectivity index (χ1n) is 12.8. The van der Waals surface area contributed by atoms with Crippen LogP contribution in [0.4, 0.5) is 18.9 Å². The molecule has 1 aliphatic rings. The second kappa shape index (κ2) is 11.1. The van der Waals surface area contributed by atoms with Crippen molar-refractivity contribution in [3.63, 3.8) is 0 Å². The van der Waals surface area contributed by atoms with Crippen molar-refractivity contribution in [1.29, 1.82) is 0 Å². The molecule has 6 nitrogen and oxygen atoms in total. The summed E-state index contributed by atoms with van der Waals surface area (Å²) in [5.74, 6) is -0.150. The Morgan fingerprint density at radius 1 is 1.02 bits per heavy atom. The van der Waals surface area contributed by atoms with E-state index in [1.807, 2.05) is 77.9 Å². The third-order valence-corrected chi connectivity index (χ3v) is 7.41. The van der Waals surface area contributed by atoms with Crippen molar-refractivity contribution in [2.75, 3.05) is 11.9 Å². The number of pyridine rings is 1. The van der Waals surface area contributed by atoms with Gasteiger partial charge in [-0.1, -0.05) is 30.3 Å². The van der Waals surface area contributed by atoms with Crippen molar-refractivity contribution >= 4 is 28.9 Å². The van der Waals surface area contributed by atoms with Crippen LogP contribution in [0.5, 0.6) is 0 Å². The van der Waals surface area contributed by atoms with Crippen LogP contribution in [0.1, 0.15) is 46.7 Å². The van der Waals surface area contributed by atoms with Gasteiger partial charge in [-0.3, -0.25) is 9.78 Å². The second-order valence-corrected chi connectivity index (χ2v) is 10.1. The first kappa shape index (κ1) is 27.4. The van der Waals surface area contributed by atoms with E-state index in [2.05, 4.69) is 15.6 Å². The predicted octanol–water partition coefficient (Wildman–Crippen LogP) is 6.51. The van der Waals surface area contributed by atoms with E-state index < -0.39 is 11.7 Å². The average Bonchev–Trinajstić information content (AvgIpc) is 3.42. The Balaban J connectivity index is 1.50. The first-order chi connectivity index (χ1) is 19.1. The van der Waals surface area contributed by atoms with Crippen LogP contribution in [0, 0.1) is 13.8 Å². The van der Waals surface area contributed by atoms with Gasteiger partial charge in [-0.05, 0) is 80.2 Å². The Morgan fingerprint density at radius 3 is 2.48 bits per heavy atom. The summed E-state index contributed by atoms with van der Waals surface area (Å²) in [4.78, 5) is 19.3. The number of halogens is 3. The van der Waals surface area contributed by atoms with Crippen LogP contribution in [0.25, 0.3) is 5.69 Å². The second-order valence-electron chi connectivity index (χ2n) is 9.69. The van der Waals surface area contributed by atoms with Crippen LogP contribution in [0.2, 0.25) is 0 Å². The maximum atomic E-state index is 13.5. The number of hydrogen-bond donors (Lipinski definition) is 2. The van der Waals surface area contributed by atoms with Crippen LogP contribution in [0.3, 0.4) is 0 Å². The lowest BCUT2D eigenvalue weighted by molar-refractivity contribution is -0.137. The summed E-state index contributed by atoms with van der Waals surface area (Å²) < 4.78 is 42.3. The number of carbonyl (C=O) groups excluding carboxylic acids is 1. The highest BCUT2D eigenvalue weighted by Crippen LogP contribution is 2.42. The number of carbonyl (C=O) groups is 1. The molecule has 0 unspecified atom stereocenters. The maximum absolute atomic E-state index is 13.5. The molecular formula is C30H28F3N5OS. The van der Waals surface area contributed by atoms with Crippen LogP contribution < -0.4 is 10.6 Å². The van der Waals surface area contributed by atoms with E-state index in [4.69, 9.17) is 12.2 Å². The number of alkyl halides is 3. The molecule has 3 heterocycles. The average molecular weight is 564 g/mol. The third-order valence-electron chi connectivity index (χ3n) is 7.06. The van der Waals surface area contributed by atoms with Crippen LogP contribution in [-0.4, -0.2) is 32.0 Å². The van der Waals surface area contributed by atoms with Gasteiger partial charge < -0.3 is 20.1 Å². The fourth-order valence-electron chi connectivity index (χ4n) is 5.26. The molecule has 2 N–H and O–H groups in total. The minimum absolute atomic E-state index is 0.150. The number of aryl methyl sites for hydroxylation is 1. The van der Waals surface area contributed by atoms with Crippen molar-refractivity contribution in [2.45, 2.75) is 38.5 Å². The fourth-order valence-corrected chi connectivity index (χ4v) is 5.59. The Kier molecular flexibility index (Phi) is 7.62. The normalized spacial score (nSPS) is 17.1. The van der Waals surface area contributed by atoms with Gasteiger partial charge in [-0.2, -0.15) is 13.2 Å².